The minimum absolute atomic E-state index is 0.0995. The van der Waals surface area contributed by atoms with Crippen molar-refractivity contribution in [3.8, 4) is 10.6 Å². The van der Waals surface area contributed by atoms with Gasteiger partial charge in [0.1, 0.15) is 0 Å². The molecule has 2 saturated carbocycles. The Kier molecular flexibility index (Phi) is 4.38. The van der Waals surface area contributed by atoms with E-state index in [1.807, 2.05) is 6.07 Å². The number of nitrogens with one attached hydrogen (secondary N) is 2. The summed E-state index contributed by atoms with van der Waals surface area (Å²) in [5, 5.41) is 9.66. The molecule has 0 spiro atoms. The summed E-state index contributed by atoms with van der Waals surface area (Å²) in [5.41, 5.74) is -0.945. The lowest BCUT2D eigenvalue weighted by Crippen LogP contribution is -2.32. The first-order chi connectivity index (χ1) is 12.7. The Balaban J connectivity index is 1.62. The molecule has 2 aliphatic rings. The maximum atomic E-state index is 13.3. The van der Waals surface area contributed by atoms with Gasteiger partial charge in [0.15, 0.2) is 5.82 Å². The highest BCUT2D eigenvalue weighted by molar-refractivity contribution is 7.19. The molecule has 0 aromatic carbocycles. The van der Waals surface area contributed by atoms with Crippen molar-refractivity contribution in [1.29, 1.82) is 0 Å². The summed E-state index contributed by atoms with van der Waals surface area (Å²) in [5.74, 6) is -0.336. The average Bonchev–Trinajstić information content (AvgIpc) is 3.14. The van der Waals surface area contributed by atoms with Crippen LogP contribution in [0.25, 0.3) is 10.6 Å². The quantitative estimate of drug-likeness (QED) is 0.597. The molecule has 27 heavy (non-hydrogen) atoms. The molecular formula is C18H17ClF3N3OS. The van der Waals surface area contributed by atoms with Gasteiger partial charge >= 0.3 is 6.18 Å². The van der Waals surface area contributed by atoms with E-state index in [1.54, 1.807) is 6.07 Å². The number of anilines is 1. The van der Waals surface area contributed by atoms with Gasteiger partial charge in [0, 0.05) is 11.1 Å². The van der Waals surface area contributed by atoms with Crippen LogP contribution in [0, 0.1) is 5.41 Å². The molecule has 0 saturated heterocycles. The van der Waals surface area contributed by atoms with E-state index in [1.165, 1.54) is 11.3 Å². The number of alkyl halides is 3. The lowest BCUT2D eigenvalue weighted by molar-refractivity contribution is -0.176. The van der Waals surface area contributed by atoms with Crippen LogP contribution >= 0.6 is 22.9 Å². The second kappa shape index (κ2) is 6.38. The first-order valence-corrected chi connectivity index (χ1v) is 9.84. The Labute approximate surface area is 162 Å². The Morgan fingerprint density at radius 3 is 2.56 bits per heavy atom. The molecule has 9 heteroatoms. The molecule has 2 aromatic rings. The fourth-order valence-electron chi connectivity index (χ4n) is 3.46. The summed E-state index contributed by atoms with van der Waals surface area (Å²) in [6.07, 6.45) is -1.71. The zero-order valence-electron chi connectivity index (χ0n) is 14.3. The monoisotopic (exact) mass is 415 g/mol. The van der Waals surface area contributed by atoms with Crippen molar-refractivity contribution in [3.63, 3.8) is 0 Å². The van der Waals surface area contributed by atoms with Crippen LogP contribution in [0.1, 0.15) is 43.6 Å². The van der Waals surface area contributed by atoms with Crippen LogP contribution in [0.15, 0.2) is 24.3 Å². The van der Waals surface area contributed by atoms with Crippen molar-refractivity contribution >= 4 is 34.7 Å². The fourth-order valence-corrected chi connectivity index (χ4v) is 4.51. The molecule has 2 fully saturated rings. The zero-order valence-corrected chi connectivity index (χ0v) is 15.8. The highest BCUT2D eigenvalue weighted by Crippen LogP contribution is 2.62. The third kappa shape index (κ3) is 3.08. The molecule has 0 unspecified atom stereocenters. The number of rotatable bonds is 5. The topological polar surface area (TPSA) is 57.8 Å². The van der Waals surface area contributed by atoms with Gasteiger partial charge in [-0.3, -0.25) is 9.89 Å². The van der Waals surface area contributed by atoms with E-state index < -0.39 is 23.1 Å². The summed E-state index contributed by atoms with van der Waals surface area (Å²) >= 11 is 7.40. The van der Waals surface area contributed by atoms with Gasteiger partial charge in [-0.25, -0.2) is 0 Å². The van der Waals surface area contributed by atoms with Gasteiger partial charge in [-0.15, -0.1) is 11.3 Å². The van der Waals surface area contributed by atoms with Gasteiger partial charge in [-0.05, 0) is 43.7 Å². The number of hydrogen-bond acceptors (Lipinski definition) is 3. The number of H-pyrrole nitrogens is 1. The second-order valence-electron chi connectivity index (χ2n) is 7.11. The highest BCUT2D eigenvalue weighted by atomic mass is 35.5. The minimum atomic E-state index is -4.47. The van der Waals surface area contributed by atoms with E-state index in [-0.39, 0.29) is 24.6 Å². The van der Waals surface area contributed by atoms with Gasteiger partial charge in [0.05, 0.1) is 20.3 Å². The highest BCUT2D eigenvalue weighted by Gasteiger charge is 2.66. The van der Waals surface area contributed by atoms with Gasteiger partial charge in [0.2, 0.25) is 0 Å². The van der Waals surface area contributed by atoms with E-state index in [2.05, 4.69) is 22.1 Å². The largest absolute Gasteiger partial charge is 0.398 e. The van der Waals surface area contributed by atoms with Crippen LogP contribution in [-0.4, -0.2) is 22.3 Å². The minimum Gasteiger partial charge on any atom is -0.305 e. The second-order valence-corrected chi connectivity index (χ2v) is 8.82. The number of aromatic amines is 1. The number of nitrogens with zero attached hydrogens (tertiary/aromatic N) is 1. The van der Waals surface area contributed by atoms with Crippen LogP contribution in [0.3, 0.4) is 0 Å². The Morgan fingerprint density at radius 1 is 1.37 bits per heavy atom. The normalized spacial score (nSPS) is 18.8. The molecule has 4 rings (SSSR count). The number of amides is 1. The first kappa shape index (κ1) is 18.6. The molecule has 2 N–H and O–H groups in total. The van der Waals surface area contributed by atoms with E-state index in [9.17, 15) is 18.0 Å². The van der Waals surface area contributed by atoms with Crippen molar-refractivity contribution in [1.82, 2.24) is 10.2 Å². The molecule has 0 radical (unpaired) electrons. The van der Waals surface area contributed by atoms with E-state index in [4.69, 9.17) is 11.6 Å². The summed E-state index contributed by atoms with van der Waals surface area (Å²) in [4.78, 5) is 13.4. The maximum absolute atomic E-state index is 13.3. The number of halogens is 4. The number of aromatic nitrogens is 2. The smallest absolute Gasteiger partial charge is 0.305 e. The molecule has 2 heterocycles. The third-order valence-corrected chi connectivity index (χ3v) is 6.76. The fraction of sp³-hybridized carbons (Fsp3) is 0.444. The van der Waals surface area contributed by atoms with Gasteiger partial charge in [-0.2, -0.15) is 18.3 Å². The zero-order chi connectivity index (χ0) is 19.4. The Hall–Kier alpha value is -1.80. The third-order valence-electron chi connectivity index (χ3n) is 5.51. The first-order valence-electron chi connectivity index (χ1n) is 8.64. The number of thiophene rings is 1. The maximum Gasteiger partial charge on any atom is 0.398 e. The van der Waals surface area contributed by atoms with Gasteiger partial charge in [-0.1, -0.05) is 24.6 Å². The van der Waals surface area contributed by atoms with Crippen molar-refractivity contribution < 1.29 is 18.0 Å². The van der Waals surface area contributed by atoms with Crippen molar-refractivity contribution in [2.24, 2.45) is 5.41 Å². The Bertz CT molecular complexity index is 909. The molecule has 2 aliphatic carbocycles. The number of carbonyl (C=O) groups excluding carboxylic acids is 1. The molecule has 2 aromatic heterocycles. The predicted octanol–water partition coefficient (Wildman–Crippen LogP) is 5.90. The Morgan fingerprint density at radius 2 is 2.07 bits per heavy atom. The van der Waals surface area contributed by atoms with Crippen molar-refractivity contribution in [2.75, 3.05) is 5.32 Å². The van der Waals surface area contributed by atoms with Crippen LogP contribution in [-0.2, 0) is 4.79 Å². The summed E-state index contributed by atoms with van der Waals surface area (Å²) < 4.78 is 40.4. The molecular weight excluding hydrogens is 399 g/mol. The van der Waals surface area contributed by atoms with Crippen LogP contribution in [0.2, 0.25) is 4.34 Å². The lowest BCUT2D eigenvalue weighted by atomic mass is 9.79. The number of carbonyl (C=O) groups is 1. The summed E-state index contributed by atoms with van der Waals surface area (Å²) in [7, 11) is 0. The predicted molar refractivity (Wildman–Crippen MR) is 99.0 cm³/mol. The van der Waals surface area contributed by atoms with Crippen LogP contribution in [0.4, 0.5) is 19.0 Å². The number of hydrogen-bond donors (Lipinski definition) is 2. The van der Waals surface area contributed by atoms with E-state index in [0.717, 1.165) is 35.4 Å². The standard InChI is InChI=1S/C18H17ClF3N3OS/c1-9(17(7-8-17)18(20,21)22)16(26)23-15-13(10-3-2-4-10)14(24-25-15)11-5-6-12(19)27-11/h5-6,10H,1-4,7-8H2,(H2,23,24,25,26). The van der Waals surface area contributed by atoms with Crippen LogP contribution < -0.4 is 5.32 Å². The molecule has 0 bridgehead atoms. The molecule has 1 amide bonds. The van der Waals surface area contributed by atoms with E-state index in [0.29, 0.717) is 4.34 Å². The molecule has 144 valence electrons. The van der Waals surface area contributed by atoms with Crippen molar-refractivity contribution in [3.05, 3.63) is 34.2 Å². The SMILES string of the molecule is C=C(C(=O)Nc1n[nH]c(-c2ccc(Cl)s2)c1C1CCC1)C1(C(F)(F)F)CC1. The molecule has 4 nitrogen and oxygen atoms in total. The van der Waals surface area contributed by atoms with Crippen LogP contribution in [0.5, 0.6) is 0 Å². The summed E-state index contributed by atoms with van der Waals surface area (Å²) in [6, 6.07) is 3.63. The molecule has 0 aliphatic heterocycles. The van der Waals surface area contributed by atoms with Crippen molar-refractivity contribution in [2.45, 2.75) is 44.2 Å². The van der Waals surface area contributed by atoms with E-state index >= 15 is 0 Å². The summed E-state index contributed by atoms with van der Waals surface area (Å²) in [6.45, 7) is 3.44. The average molecular weight is 416 g/mol. The molecule has 0 atom stereocenters. The van der Waals surface area contributed by atoms with Gasteiger partial charge in [0.25, 0.3) is 5.91 Å². The van der Waals surface area contributed by atoms with Gasteiger partial charge < -0.3 is 5.32 Å². The lowest BCUT2D eigenvalue weighted by Gasteiger charge is -2.27.